The SMILES string of the molecule is Cc1ccc(C[C@H](C)NC(=O)CC[C@@H]2CCCO2)s1. The maximum atomic E-state index is 11.8. The summed E-state index contributed by atoms with van der Waals surface area (Å²) in [6.07, 6.45) is 4.91. The zero-order valence-corrected chi connectivity index (χ0v) is 12.6. The van der Waals surface area contributed by atoms with Crippen molar-refractivity contribution in [3.05, 3.63) is 21.9 Å². The van der Waals surface area contributed by atoms with E-state index in [1.165, 1.54) is 9.75 Å². The molecule has 1 aromatic rings. The minimum Gasteiger partial charge on any atom is -0.378 e. The molecule has 1 aromatic heterocycles. The predicted molar refractivity (Wildman–Crippen MR) is 78.6 cm³/mol. The summed E-state index contributed by atoms with van der Waals surface area (Å²) < 4.78 is 5.53. The zero-order valence-electron chi connectivity index (χ0n) is 11.8. The Balaban J connectivity index is 1.66. The van der Waals surface area contributed by atoms with E-state index in [2.05, 4.69) is 31.3 Å². The smallest absolute Gasteiger partial charge is 0.220 e. The lowest BCUT2D eigenvalue weighted by atomic mass is 10.1. The number of aryl methyl sites for hydroxylation is 1. The van der Waals surface area contributed by atoms with Crippen molar-refractivity contribution in [3.63, 3.8) is 0 Å². The summed E-state index contributed by atoms with van der Waals surface area (Å²) in [6, 6.07) is 4.48. The summed E-state index contributed by atoms with van der Waals surface area (Å²) in [5.74, 6) is 0.149. The van der Waals surface area contributed by atoms with Gasteiger partial charge >= 0.3 is 0 Å². The molecule has 2 rings (SSSR count). The first-order valence-electron chi connectivity index (χ1n) is 7.10. The molecular weight excluding hydrogens is 258 g/mol. The summed E-state index contributed by atoms with van der Waals surface area (Å²) in [6.45, 7) is 5.04. The first-order chi connectivity index (χ1) is 9.13. The van der Waals surface area contributed by atoms with E-state index in [1.807, 2.05) is 0 Å². The predicted octanol–water partition coefficient (Wildman–Crippen LogP) is 3.06. The second kappa shape index (κ2) is 7.06. The molecule has 1 aliphatic heterocycles. The molecule has 1 saturated heterocycles. The minimum atomic E-state index is 0.149. The van der Waals surface area contributed by atoms with Gasteiger partial charge in [0.25, 0.3) is 0 Å². The van der Waals surface area contributed by atoms with E-state index in [1.54, 1.807) is 11.3 Å². The molecule has 19 heavy (non-hydrogen) atoms. The van der Waals surface area contributed by atoms with Gasteiger partial charge in [-0.05, 0) is 45.2 Å². The zero-order chi connectivity index (χ0) is 13.7. The van der Waals surface area contributed by atoms with Gasteiger partial charge in [-0.2, -0.15) is 0 Å². The quantitative estimate of drug-likeness (QED) is 0.870. The Morgan fingerprint density at radius 3 is 3.05 bits per heavy atom. The summed E-state index contributed by atoms with van der Waals surface area (Å²) in [4.78, 5) is 14.5. The van der Waals surface area contributed by atoms with E-state index in [0.29, 0.717) is 12.5 Å². The largest absolute Gasteiger partial charge is 0.378 e. The van der Waals surface area contributed by atoms with Gasteiger partial charge in [0.1, 0.15) is 0 Å². The van der Waals surface area contributed by atoms with Crippen molar-refractivity contribution in [2.24, 2.45) is 0 Å². The average molecular weight is 281 g/mol. The van der Waals surface area contributed by atoms with Crippen molar-refractivity contribution in [3.8, 4) is 0 Å². The standard InChI is InChI=1S/C15H23NO2S/c1-11(10-14-7-5-12(2)19-14)16-15(17)8-6-13-4-3-9-18-13/h5,7,11,13H,3-4,6,8-10H2,1-2H3,(H,16,17)/t11-,13-/m0/s1. The van der Waals surface area contributed by atoms with Gasteiger partial charge in [-0.25, -0.2) is 0 Å². The van der Waals surface area contributed by atoms with E-state index in [0.717, 1.165) is 32.3 Å². The van der Waals surface area contributed by atoms with Crippen LogP contribution < -0.4 is 5.32 Å². The van der Waals surface area contributed by atoms with Crippen LogP contribution in [0.2, 0.25) is 0 Å². The van der Waals surface area contributed by atoms with E-state index in [9.17, 15) is 4.79 Å². The molecule has 0 aliphatic carbocycles. The summed E-state index contributed by atoms with van der Waals surface area (Å²) in [5, 5.41) is 3.07. The number of ether oxygens (including phenoxy) is 1. The van der Waals surface area contributed by atoms with Gasteiger partial charge < -0.3 is 10.1 Å². The van der Waals surface area contributed by atoms with Crippen LogP contribution in [0, 0.1) is 6.92 Å². The second-order valence-corrected chi connectivity index (χ2v) is 6.73. The van der Waals surface area contributed by atoms with E-state index in [-0.39, 0.29) is 11.9 Å². The normalized spacial score (nSPS) is 20.4. The number of thiophene rings is 1. The van der Waals surface area contributed by atoms with Crippen molar-refractivity contribution < 1.29 is 9.53 Å². The first-order valence-corrected chi connectivity index (χ1v) is 7.91. The van der Waals surface area contributed by atoms with Gasteiger partial charge in [0.05, 0.1) is 6.10 Å². The highest BCUT2D eigenvalue weighted by atomic mass is 32.1. The Kier molecular flexibility index (Phi) is 5.40. The number of hydrogen-bond acceptors (Lipinski definition) is 3. The van der Waals surface area contributed by atoms with E-state index < -0.39 is 0 Å². The third-order valence-electron chi connectivity index (χ3n) is 3.43. The third kappa shape index (κ3) is 4.96. The topological polar surface area (TPSA) is 38.3 Å². The Hall–Kier alpha value is -0.870. The molecule has 0 unspecified atom stereocenters. The van der Waals surface area contributed by atoms with Crippen molar-refractivity contribution in [2.75, 3.05) is 6.61 Å². The number of rotatable bonds is 6. The van der Waals surface area contributed by atoms with Crippen molar-refractivity contribution in [2.45, 2.75) is 58.1 Å². The molecule has 106 valence electrons. The third-order valence-corrected chi connectivity index (χ3v) is 4.45. The van der Waals surface area contributed by atoms with Crippen molar-refractivity contribution >= 4 is 17.2 Å². The molecule has 2 heterocycles. The van der Waals surface area contributed by atoms with Crippen molar-refractivity contribution in [1.82, 2.24) is 5.32 Å². The van der Waals surface area contributed by atoms with E-state index >= 15 is 0 Å². The number of hydrogen-bond donors (Lipinski definition) is 1. The lowest BCUT2D eigenvalue weighted by Crippen LogP contribution is -2.34. The summed E-state index contributed by atoms with van der Waals surface area (Å²) in [5.41, 5.74) is 0. The molecule has 2 atom stereocenters. The van der Waals surface area contributed by atoms with Crippen LogP contribution in [0.3, 0.4) is 0 Å². The fourth-order valence-electron chi connectivity index (χ4n) is 2.46. The van der Waals surface area contributed by atoms with Crippen LogP contribution in [0.15, 0.2) is 12.1 Å². The maximum absolute atomic E-state index is 11.8. The highest BCUT2D eigenvalue weighted by Crippen LogP contribution is 2.18. The molecule has 1 fully saturated rings. The summed E-state index contributed by atoms with van der Waals surface area (Å²) in [7, 11) is 0. The molecule has 1 aliphatic rings. The minimum absolute atomic E-state index is 0.149. The monoisotopic (exact) mass is 281 g/mol. The first kappa shape index (κ1) is 14.5. The fourth-order valence-corrected chi connectivity index (χ4v) is 3.48. The van der Waals surface area contributed by atoms with Crippen LogP contribution in [-0.4, -0.2) is 24.7 Å². The highest BCUT2D eigenvalue weighted by molar-refractivity contribution is 7.11. The van der Waals surface area contributed by atoms with Crippen LogP contribution in [0.5, 0.6) is 0 Å². The molecule has 0 aromatic carbocycles. The summed E-state index contributed by atoms with van der Waals surface area (Å²) >= 11 is 1.81. The average Bonchev–Trinajstić information content (AvgIpc) is 2.98. The lowest BCUT2D eigenvalue weighted by Gasteiger charge is -2.14. The number of amides is 1. The molecule has 3 nitrogen and oxygen atoms in total. The van der Waals surface area contributed by atoms with Crippen LogP contribution in [0.1, 0.15) is 42.4 Å². The Morgan fingerprint density at radius 2 is 2.42 bits per heavy atom. The van der Waals surface area contributed by atoms with Crippen LogP contribution in [-0.2, 0) is 16.0 Å². The number of nitrogens with one attached hydrogen (secondary N) is 1. The van der Waals surface area contributed by atoms with Crippen LogP contribution in [0.4, 0.5) is 0 Å². The van der Waals surface area contributed by atoms with E-state index in [4.69, 9.17) is 4.74 Å². The Morgan fingerprint density at radius 1 is 1.58 bits per heavy atom. The molecule has 1 N–H and O–H groups in total. The van der Waals surface area contributed by atoms with Crippen LogP contribution >= 0.6 is 11.3 Å². The van der Waals surface area contributed by atoms with Gasteiger partial charge in [0.15, 0.2) is 0 Å². The maximum Gasteiger partial charge on any atom is 0.220 e. The van der Waals surface area contributed by atoms with Gasteiger partial charge in [-0.1, -0.05) is 0 Å². The molecule has 0 saturated carbocycles. The van der Waals surface area contributed by atoms with Gasteiger partial charge in [0, 0.05) is 35.2 Å². The van der Waals surface area contributed by atoms with Gasteiger partial charge in [0.2, 0.25) is 5.91 Å². The highest BCUT2D eigenvalue weighted by Gasteiger charge is 2.17. The number of carbonyl (C=O) groups is 1. The molecule has 0 radical (unpaired) electrons. The van der Waals surface area contributed by atoms with Gasteiger partial charge in [-0.15, -0.1) is 11.3 Å². The fraction of sp³-hybridized carbons (Fsp3) is 0.667. The van der Waals surface area contributed by atoms with Gasteiger partial charge in [-0.3, -0.25) is 4.79 Å². The lowest BCUT2D eigenvalue weighted by molar-refractivity contribution is -0.122. The van der Waals surface area contributed by atoms with Crippen LogP contribution in [0.25, 0.3) is 0 Å². The second-order valence-electron chi connectivity index (χ2n) is 5.36. The molecule has 4 heteroatoms. The Labute approximate surface area is 119 Å². The molecule has 1 amide bonds. The number of carbonyl (C=O) groups excluding carboxylic acids is 1. The Bertz CT molecular complexity index is 410. The molecule has 0 bridgehead atoms. The van der Waals surface area contributed by atoms with Crippen molar-refractivity contribution in [1.29, 1.82) is 0 Å². The molecule has 0 spiro atoms. The molecular formula is C15H23NO2S.